The summed E-state index contributed by atoms with van der Waals surface area (Å²) < 4.78 is 17.9. The van der Waals surface area contributed by atoms with E-state index in [4.69, 9.17) is 10.5 Å². The first-order chi connectivity index (χ1) is 4.84. The molecule has 1 heterocycles. The molecule has 0 bridgehead atoms. The lowest BCUT2D eigenvalue weighted by Gasteiger charge is -2.24. The fourth-order valence-corrected chi connectivity index (χ4v) is 1.27. The molecule has 1 unspecified atom stereocenters. The maximum atomic E-state index is 12.8. The van der Waals surface area contributed by atoms with Crippen LogP contribution in [0.25, 0.3) is 0 Å². The van der Waals surface area contributed by atoms with Crippen molar-refractivity contribution in [3.05, 3.63) is 0 Å². The Labute approximate surface area is 72.7 Å². The van der Waals surface area contributed by atoms with Crippen LogP contribution in [0.1, 0.15) is 12.8 Å². The summed E-state index contributed by atoms with van der Waals surface area (Å²) in [5.41, 5.74) is 5.19. The summed E-state index contributed by atoms with van der Waals surface area (Å²) in [6, 6.07) is 0. The first-order valence-electron chi connectivity index (χ1n) is 3.76. The van der Waals surface area contributed by atoms with Crippen LogP contribution < -0.4 is 5.73 Å². The molecule has 0 aliphatic carbocycles. The van der Waals surface area contributed by atoms with E-state index in [2.05, 4.69) is 0 Å². The molecule has 1 rings (SSSR count). The maximum Gasteiger partial charge on any atom is 0.115 e. The average molecular weight is 184 g/mol. The average Bonchev–Trinajstić information content (AvgIpc) is 2.05. The minimum Gasteiger partial charge on any atom is -0.381 e. The summed E-state index contributed by atoms with van der Waals surface area (Å²) in [6.07, 6.45) is 0.848. The zero-order valence-electron chi connectivity index (χ0n) is 6.46. The Hall–Kier alpha value is 0.140. The topological polar surface area (TPSA) is 35.2 Å². The third-order valence-corrected chi connectivity index (χ3v) is 2.00. The molecule has 1 atom stereocenters. The molecule has 1 aliphatic heterocycles. The molecule has 0 saturated carbocycles. The predicted molar refractivity (Wildman–Crippen MR) is 44.7 cm³/mol. The maximum absolute atomic E-state index is 12.8. The van der Waals surface area contributed by atoms with Crippen LogP contribution in [0.15, 0.2) is 0 Å². The molecule has 1 aliphatic rings. The first-order valence-corrected chi connectivity index (χ1v) is 3.76. The standard InChI is InChI=1S/C7H14FNO.ClH/c8-7(5-9)6-1-3-10-4-2-6;/h6-7H,1-5,9H2;1H. The number of nitrogens with two attached hydrogens (primary N) is 1. The minimum absolute atomic E-state index is 0. The van der Waals surface area contributed by atoms with E-state index in [0.29, 0.717) is 13.2 Å². The lowest BCUT2D eigenvalue weighted by atomic mass is 9.95. The van der Waals surface area contributed by atoms with E-state index >= 15 is 0 Å². The normalized spacial score (nSPS) is 22.4. The number of rotatable bonds is 2. The van der Waals surface area contributed by atoms with Crippen molar-refractivity contribution >= 4 is 12.4 Å². The molecule has 0 spiro atoms. The minimum atomic E-state index is -0.816. The second-order valence-corrected chi connectivity index (χ2v) is 2.70. The Balaban J connectivity index is 0.000001000. The van der Waals surface area contributed by atoms with Gasteiger partial charge in [-0.05, 0) is 18.8 Å². The molecular weight excluding hydrogens is 169 g/mol. The summed E-state index contributed by atoms with van der Waals surface area (Å²) in [4.78, 5) is 0. The quantitative estimate of drug-likeness (QED) is 0.697. The third kappa shape index (κ3) is 3.36. The van der Waals surface area contributed by atoms with E-state index in [9.17, 15) is 4.39 Å². The third-order valence-electron chi connectivity index (χ3n) is 2.00. The van der Waals surface area contributed by atoms with Crippen molar-refractivity contribution in [1.82, 2.24) is 0 Å². The van der Waals surface area contributed by atoms with Crippen molar-refractivity contribution in [2.24, 2.45) is 11.7 Å². The summed E-state index contributed by atoms with van der Waals surface area (Å²) in [5.74, 6) is 0.152. The Morgan fingerprint density at radius 2 is 2.00 bits per heavy atom. The highest BCUT2D eigenvalue weighted by molar-refractivity contribution is 5.85. The van der Waals surface area contributed by atoms with Gasteiger partial charge in [-0.2, -0.15) is 0 Å². The number of alkyl halides is 1. The van der Waals surface area contributed by atoms with E-state index < -0.39 is 6.17 Å². The highest BCUT2D eigenvalue weighted by Crippen LogP contribution is 2.19. The molecule has 2 nitrogen and oxygen atoms in total. The van der Waals surface area contributed by atoms with Crippen LogP contribution in [0.2, 0.25) is 0 Å². The van der Waals surface area contributed by atoms with E-state index in [1.165, 1.54) is 0 Å². The summed E-state index contributed by atoms with van der Waals surface area (Å²) in [6.45, 7) is 1.56. The van der Waals surface area contributed by atoms with E-state index in [1.54, 1.807) is 0 Å². The van der Waals surface area contributed by atoms with Crippen LogP contribution in [-0.2, 0) is 4.74 Å². The smallest absolute Gasteiger partial charge is 0.115 e. The molecule has 1 fully saturated rings. The van der Waals surface area contributed by atoms with E-state index in [0.717, 1.165) is 12.8 Å². The lowest BCUT2D eigenvalue weighted by Crippen LogP contribution is -2.29. The fraction of sp³-hybridized carbons (Fsp3) is 1.00. The van der Waals surface area contributed by atoms with Crippen LogP contribution in [-0.4, -0.2) is 25.9 Å². The van der Waals surface area contributed by atoms with Gasteiger partial charge in [0.2, 0.25) is 0 Å². The van der Waals surface area contributed by atoms with Crippen LogP contribution >= 0.6 is 12.4 Å². The van der Waals surface area contributed by atoms with Crippen molar-refractivity contribution in [1.29, 1.82) is 0 Å². The number of hydrogen-bond donors (Lipinski definition) is 1. The van der Waals surface area contributed by atoms with Crippen LogP contribution in [0.5, 0.6) is 0 Å². The summed E-state index contributed by atoms with van der Waals surface area (Å²) in [5, 5.41) is 0. The Morgan fingerprint density at radius 3 is 2.45 bits per heavy atom. The zero-order chi connectivity index (χ0) is 7.40. The Kier molecular flexibility index (Phi) is 5.82. The largest absolute Gasteiger partial charge is 0.381 e. The fourth-order valence-electron chi connectivity index (χ4n) is 1.27. The van der Waals surface area contributed by atoms with Gasteiger partial charge in [0.05, 0.1) is 0 Å². The number of hydrogen-bond acceptors (Lipinski definition) is 2. The van der Waals surface area contributed by atoms with Gasteiger partial charge in [0.25, 0.3) is 0 Å². The van der Waals surface area contributed by atoms with E-state index in [-0.39, 0.29) is 24.9 Å². The molecule has 0 amide bonds. The molecule has 0 aromatic carbocycles. The van der Waals surface area contributed by atoms with Crippen molar-refractivity contribution in [3.63, 3.8) is 0 Å². The van der Waals surface area contributed by atoms with Gasteiger partial charge < -0.3 is 10.5 Å². The Morgan fingerprint density at radius 1 is 1.45 bits per heavy atom. The monoisotopic (exact) mass is 183 g/mol. The van der Waals surface area contributed by atoms with Crippen molar-refractivity contribution in [2.75, 3.05) is 19.8 Å². The predicted octanol–water partition coefficient (Wildman–Crippen LogP) is 1.13. The molecular formula is C7H15ClFNO. The first kappa shape index (κ1) is 11.1. The van der Waals surface area contributed by atoms with Gasteiger partial charge >= 0.3 is 0 Å². The second kappa shape index (κ2) is 5.75. The van der Waals surface area contributed by atoms with Gasteiger partial charge in [-0.15, -0.1) is 12.4 Å². The van der Waals surface area contributed by atoms with Gasteiger partial charge in [0.15, 0.2) is 0 Å². The van der Waals surface area contributed by atoms with Crippen LogP contribution in [0, 0.1) is 5.92 Å². The molecule has 11 heavy (non-hydrogen) atoms. The van der Waals surface area contributed by atoms with Crippen LogP contribution in [0.4, 0.5) is 4.39 Å². The summed E-state index contributed by atoms with van der Waals surface area (Å²) >= 11 is 0. The lowest BCUT2D eigenvalue weighted by molar-refractivity contribution is 0.0389. The van der Waals surface area contributed by atoms with Gasteiger partial charge in [-0.1, -0.05) is 0 Å². The molecule has 68 valence electrons. The van der Waals surface area contributed by atoms with Gasteiger partial charge in [0, 0.05) is 19.8 Å². The van der Waals surface area contributed by atoms with Crippen molar-refractivity contribution in [2.45, 2.75) is 19.0 Å². The second-order valence-electron chi connectivity index (χ2n) is 2.70. The highest BCUT2D eigenvalue weighted by Gasteiger charge is 2.21. The molecule has 0 aromatic heterocycles. The molecule has 0 aromatic rings. The molecule has 0 radical (unpaired) electrons. The van der Waals surface area contributed by atoms with Crippen molar-refractivity contribution in [3.8, 4) is 0 Å². The number of ether oxygens (including phenoxy) is 1. The SMILES string of the molecule is Cl.NCC(F)C1CCOCC1. The molecule has 4 heteroatoms. The van der Waals surface area contributed by atoms with Gasteiger partial charge in [0.1, 0.15) is 6.17 Å². The number of halogens is 2. The summed E-state index contributed by atoms with van der Waals surface area (Å²) in [7, 11) is 0. The molecule has 1 saturated heterocycles. The van der Waals surface area contributed by atoms with Gasteiger partial charge in [-0.3, -0.25) is 0 Å². The molecule has 2 N–H and O–H groups in total. The van der Waals surface area contributed by atoms with E-state index in [1.807, 2.05) is 0 Å². The van der Waals surface area contributed by atoms with Crippen molar-refractivity contribution < 1.29 is 9.13 Å². The zero-order valence-corrected chi connectivity index (χ0v) is 7.28. The highest BCUT2D eigenvalue weighted by atomic mass is 35.5. The van der Waals surface area contributed by atoms with Crippen LogP contribution in [0.3, 0.4) is 0 Å². The van der Waals surface area contributed by atoms with Gasteiger partial charge in [-0.25, -0.2) is 4.39 Å². The Bertz CT molecular complexity index is 98.4.